The van der Waals surface area contributed by atoms with Crippen molar-refractivity contribution in [3.05, 3.63) is 0 Å². The van der Waals surface area contributed by atoms with Crippen molar-refractivity contribution in [3.8, 4) is 0 Å². The summed E-state index contributed by atoms with van der Waals surface area (Å²) in [5, 5.41) is 0. The first-order valence-corrected chi connectivity index (χ1v) is 7.50. The van der Waals surface area contributed by atoms with E-state index in [0.29, 0.717) is 32.1 Å². The van der Waals surface area contributed by atoms with Gasteiger partial charge in [0.15, 0.2) is 0 Å². The first-order chi connectivity index (χ1) is 9.10. The predicted molar refractivity (Wildman–Crippen MR) is 74.9 cm³/mol. The lowest BCUT2D eigenvalue weighted by atomic mass is 9.90. The van der Waals surface area contributed by atoms with Crippen molar-refractivity contribution in [2.24, 2.45) is 5.73 Å². The molecule has 2 heterocycles. The van der Waals surface area contributed by atoms with Gasteiger partial charge in [0.2, 0.25) is 5.91 Å². The van der Waals surface area contributed by atoms with Crippen LogP contribution in [0.15, 0.2) is 0 Å². The highest BCUT2D eigenvalue weighted by atomic mass is 16.5. The fourth-order valence-electron chi connectivity index (χ4n) is 3.23. The van der Waals surface area contributed by atoms with E-state index in [0.717, 1.165) is 32.6 Å². The molecule has 0 aromatic carbocycles. The van der Waals surface area contributed by atoms with Crippen molar-refractivity contribution in [3.63, 3.8) is 0 Å². The normalized spacial score (nSPS) is 26.9. The van der Waals surface area contributed by atoms with Gasteiger partial charge in [0, 0.05) is 32.3 Å². The number of nitrogens with zero attached hydrogens (tertiary/aromatic N) is 2. The van der Waals surface area contributed by atoms with Gasteiger partial charge in [0.1, 0.15) is 0 Å². The lowest BCUT2D eigenvalue weighted by molar-refractivity contribution is -0.139. The molecule has 2 saturated heterocycles. The number of likely N-dealkylation sites (tertiary alicyclic amines) is 1. The summed E-state index contributed by atoms with van der Waals surface area (Å²) in [6.45, 7) is 9.34. The van der Waals surface area contributed by atoms with Gasteiger partial charge >= 0.3 is 0 Å². The van der Waals surface area contributed by atoms with Crippen LogP contribution in [0, 0.1) is 0 Å². The summed E-state index contributed by atoms with van der Waals surface area (Å²) in [6.07, 6.45) is 2.37. The van der Waals surface area contributed by atoms with Crippen LogP contribution in [0.1, 0.15) is 33.1 Å². The van der Waals surface area contributed by atoms with Crippen molar-refractivity contribution >= 4 is 5.91 Å². The van der Waals surface area contributed by atoms with Gasteiger partial charge < -0.3 is 15.4 Å². The zero-order chi connectivity index (χ0) is 13.9. The third-order valence-corrected chi connectivity index (χ3v) is 4.59. The van der Waals surface area contributed by atoms with Gasteiger partial charge in [-0.05, 0) is 32.4 Å². The Kier molecular flexibility index (Phi) is 4.81. The molecule has 0 aromatic heterocycles. The van der Waals surface area contributed by atoms with Crippen LogP contribution in [0.5, 0.6) is 0 Å². The van der Waals surface area contributed by atoms with Crippen molar-refractivity contribution in [2.45, 2.75) is 44.7 Å². The largest absolute Gasteiger partial charge is 0.381 e. The Bertz CT molecular complexity index is 312. The molecule has 0 spiro atoms. The maximum absolute atomic E-state index is 12.6. The first-order valence-electron chi connectivity index (χ1n) is 7.50. The lowest BCUT2D eigenvalue weighted by Crippen LogP contribution is -2.58. The fourth-order valence-corrected chi connectivity index (χ4v) is 3.23. The number of rotatable bonds is 4. The van der Waals surface area contributed by atoms with E-state index >= 15 is 0 Å². The van der Waals surface area contributed by atoms with Gasteiger partial charge in [0.25, 0.3) is 0 Å². The molecule has 2 fully saturated rings. The average molecular weight is 269 g/mol. The summed E-state index contributed by atoms with van der Waals surface area (Å²) in [5.74, 6) is 0.130. The number of nitrogens with two attached hydrogens (primary N) is 1. The molecule has 2 N–H and O–H groups in total. The van der Waals surface area contributed by atoms with E-state index < -0.39 is 5.54 Å². The maximum Gasteiger partial charge on any atom is 0.242 e. The Labute approximate surface area is 116 Å². The third kappa shape index (κ3) is 3.09. The molecule has 5 nitrogen and oxygen atoms in total. The molecule has 1 unspecified atom stereocenters. The van der Waals surface area contributed by atoms with Crippen LogP contribution in [0.4, 0.5) is 0 Å². The summed E-state index contributed by atoms with van der Waals surface area (Å²) < 4.78 is 5.31. The molecular formula is C14H27N3O2. The molecule has 5 heteroatoms. The number of ether oxygens (including phenoxy) is 1. The summed E-state index contributed by atoms with van der Waals surface area (Å²) in [6, 6.07) is 0.502. The molecule has 2 aliphatic heterocycles. The summed E-state index contributed by atoms with van der Waals surface area (Å²) >= 11 is 0. The first kappa shape index (κ1) is 14.8. The minimum atomic E-state index is -0.684. The summed E-state index contributed by atoms with van der Waals surface area (Å²) in [5.41, 5.74) is 5.60. The minimum Gasteiger partial charge on any atom is -0.381 e. The van der Waals surface area contributed by atoms with E-state index in [4.69, 9.17) is 10.5 Å². The van der Waals surface area contributed by atoms with Crippen molar-refractivity contribution in [1.29, 1.82) is 0 Å². The van der Waals surface area contributed by atoms with Crippen molar-refractivity contribution in [2.75, 3.05) is 39.4 Å². The van der Waals surface area contributed by atoms with E-state index in [1.807, 2.05) is 4.90 Å². The number of carbonyl (C=O) groups is 1. The number of amides is 1. The Morgan fingerprint density at radius 2 is 2.00 bits per heavy atom. The fraction of sp³-hybridized carbons (Fsp3) is 0.929. The van der Waals surface area contributed by atoms with E-state index in [2.05, 4.69) is 18.7 Å². The molecule has 0 aliphatic carbocycles. The smallest absolute Gasteiger partial charge is 0.242 e. The van der Waals surface area contributed by atoms with Crippen molar-refractivity contribution < 1.29 is 9.53 Å². The Morgan fingerprint density at radius 1 is 1.37 bits per heavy atom. The van der Waals surface area contributed by atoms with Crippen LogP contribution in [0.25, 0.3) is 0 Å². The van der Waals surface area contributed by atoms with Crippen LogP contribution >= 0.6 is 0 Å². The van der Waals surface area contributed by atoms with Gasteiger partial charge in [-0.25, -0.2) is 0 Å². The monoisotopic (exact) mass is 269 g/mol. The predicted octanol–water partition coefficient (Wildman–Crippen LogP) is 0.437. The molecule has 2 aliphatic rings. The second kappa shape index (κ2) is 6.20. The number of likely N-dealkylation sites (N-methyl/N-ethyl adjacent to an activating group) is 1. The number of carbonyl (C=O) groups excluding carboxylic acids is 1. The summed E-state index contributed by atoms with van der Waals surface area (Å²) in [4.78, 5) is 17.0. The standard InChI is InChI=1S/C14H27N3O2/c1-3-16(4-2)12-5-8-17(11-12)13(18)14(15)6-9-19-10-7-14/h12H,3-11,15H2,1-2H3. The molecule has 0 radical (unpaired) electrons. The topological polar surface area (TPSA) is 58.8 Å². The Morgan fingerprint density at radius 3 is 2.58 bits per heavy atom. The molecule has 0 saturated carbocycles. The molecule has 110 valence electrons. The molecule has 2 rings (SSSR count). The number of hydrogen-bond acceptors (Lipinski definition) is 4. The van der Waals surface area contributed by atoms with Crippen LogP contribution in [-0.4, -0.2) is 66.7 Å². The Hall–Kier alpha value is -0.650. The highest BCUT2D eigenvalue weighted by Gasteiger charge is 2.41. The second-order valence-corrected chi connectivity index (χ2v) is 5.68. The van der Waals surface area contributed by atoms with Crippen LogP contribution in [0.3, 0.4) is 0 Å². The SMILES string of the molecule is CCN(CC)C1CCN(C(=O)C2(N)CCOCC2)C1. The van der Waals surface area contributed by atoms with E-state index in [1.54, 1.807) is 0 Å². The van der Waals surface area contributed by atoms with Crippen molar-refractivity contribution in [1.82, 2.24) is 9.80 Å². The maximum atomic E-state index is 12.6. The second-order valence-electron chi connectivity index (χ2n) is 5.68. The zero-order valence-electron chi connectivity index (χ0n) is 12.2. The zero-order valence-corrected chi connectivity index (χ0v) is 12.2. The molecule has 1 atom stereocenters. The molecule has 19 heavy (non-hydrogen) atoms. The summed E-state index contributed by atoms with van der Waals surface area (Å²) in [7, 11) is 0. The van der Waals surface area contributed by atoms with Gasteiger partial charge in [-0.15, -0.1) is 0 Å². The minimum absolute atomic E-state index is 0.130. The molecular weight excluding hydrogens is 242 g/mol. The highest BCUT2D eigenvalue weighted by molar-refractivity contribution is 5.86. The van der Waals surface area contributed by atoms with E-state index in [-0.39, 0.29) is 5.91 Å². The van der Waals surface area contributed by atoms with Crippen LogP contribution < -0.4 is 5.73 Å². The van der Waals surface area contributed by atoms with Gasteiger partial charge in [-0.3, -0.25) is 9.69 Å². The number of hydrogen-bond donors (Lipinski definition) is 1. The molecule has 0 bridgehead atoms. The highest BCUT2D eigenvalue weighted by Crippen LogP contribution is 2.24. The van der Waals surface area contributed by atoms with Gasteiger partial charge in [-0.1, -0.05) is 13.8 Å². The average Bonchev–Trinajstić information content (AvgIpc) is 2.90. The lowest BCUT2D eigenvalue weighted by Gasteiger charge is -2.35. The Balaban J connectivity index is 1.94. The van der Waals surface area contributed by atoms with E-state index in [1.165, 1.54) is 0 Å². The van der Waals surface area contributed by atoms with E-state index in [9.17, 15) is 4.79 Å². The quantitative estimate of drug-likeness (QED) is 0.804. The molecule has 0 aromatic rings. The van der Waals surface area contributed by atoms with Gasteiger partial charge in [0.05, 0.1) is 5.54 Å². The molecule has 1 amide bonds. The third-order valence-electron chi connectivity index (χ3n) is 4.59. The van der Waals surface area contributed by atoms with Crippen LogP contribution in [-0.2, 0) is 9.53 Å². The van der Waals surface area contributed by atoms with Gasteiger partial charge in [-0.2, -0.15) is 0 Å². The van der Waals surface area contributed by atoms with Crippen LogP contribution in [0.2, 0.25) is 0 Å².